The van der Waals surface area contributed by atoms with E-state index in [4.69, 9.17) is 14.6 Å². The van der Waals surface area contributed by atoms with E-state index in [1.54, 1.807) is 14.0 Å². The molecule has 0 spiro atoms. The Balaban J connectivity index is 1.42. The van der Waals surface area contributed by atoms with E-state index in [2.05, 4.69) is 25.3 Å². The maximum Gasteiger partial charge on any atom is 0.256 e. The van der Waals surface area contributed by atoms with Crippen LogP contribution in [0.2, 0.25) is 0 Å². The zero-order valence-corrected chi connectivity index (χ0v) is 20.3. The number of aromatic amines is 1. The molecule has 3 aromatic heterocycles. The van der Waals surface area contributed by atoms with E-state index in [9.17, 15) is 8.78 Å². The van der Waals surface area contributed by atoms with Crippen molar-refractivity contribution in [1.82, 2.24) is 24.5 Å². The van der Waals surface area contributed by atoms with Gasteiger partial charge in [-0.1, -0.05) is 6.07 Å². The Morgan fingerprint density at radius 1 is 1.19 bits per heavy atom. The molecule has 3 N–H and O–H groups in total. The van der Waals surface area contributed by atoms with Crippen molar-refractivity contribution in [1.29, 1.82) is 0 Å². The number of imidazole rings is 1. The van der Waals surface area contributed by atoms with Crippen LogP contribution in [0.15, 0.2) is 24.4 Å². The summed E-state index contributed by atoms with van der Waals surface area (Å²) >= 11 is 0. The number of alkyl halides is 2. The second kappa shape index (κ2) is 10.4. The third-order valence-corrected chi connectivity index (χ3v) is 6.71. The van der Waals surface area contributed by atoms with Gasteiger partial charge in [0.15, 0.2) is 0 Å². The SMILES string of the molecule is COc1nc(N[C@H]2CC[C@H](OCCO)CC2)nc2[nH]cc(-c3ccc4nc(C)n(CC(F)F)c4c3)c12. The number of methoxy groups -OCH3 is 1. The molecule has 0 amide bonds. The van der Waals surface area contributed by atoms with Gasteiger partial charge in [-0.2, -0.15) is 9.97 Å². The first-order valence-corrected chi connectivity index (χ1v) is 12.1. The quantitative estimate of drug-likeness (QED) is 0.315. The molecular weight excluding hydrogens is 470 g/mol. The summed E-state index contributed by atoms with van der Waals surface area (Å²) in [5.74, 6) is 1.46. The summed E-state index contributed by atoms with van der Waals surface area (Å²) in [6.07, 6.45) is 3.19. The van der Waals surface area contributed by atoms with Gasteiger partial charge in [-0.15, -0.1) is 0 Å². The first kappa shape index (κ1) is 24.4. The van der Waals surface area contributed by atoms with Crippen LogP contribution in [-0.4, -0.2) is 68.5 Å². The molecule has 1 aliphatic rings. The smallest absolute Gasteiger partial charge is 0.256 e. The van der Waals surface area contributed by atoms with Gasteiger partial charge in [0.25, 0.3) is 6.43 Å². The largest absolute Gasteiger partial charge is 0.480 e. The molecule has 1 fully saturated rings. The van der Waals surface area contributed by atoms with Crippen molar-refractivity contribution in [3.05, 3.63) is 30.2 Å². The molecule has 1 saturated carbocycles. The standard InChI is InChI=1S/C25H30F2N6O3/c1-14-29-19-8-3-15(11-20(19)33(14)13-21(26)27)18-12-28-23-22(18)24(35-2)32-25(31-23)30-16-4-6-17(7-5-16)36-10-9-34/h3,8,11-12,16-17,21,34H,4-7,9-10,13H2,1-2H3,(H2,28,30,31,32)/t16-,17-. The lowest BCUT2D eigenvalue weighted by Crippen LogP contribution is -2.30. The zero-order chi connectivity index (χ0) is 25.2. The molecule has 0 radical (unpaired) electrons. The monoisotopic (exact) mass is 500 g/mol. The van der Waals surface area contributed by atoms with E-state index in [0.717, 1.165) is 42.2 Å². The Morgan fingerprint density at radius 3 is 2.72 bits per heavy atom. The molecule has 0 saturated heterocycles. The second-order valence-corrected chi connectivity index (χ2v) is 9.06. The first-order chi connectivity index (χ1) is 17.5. The van der Waals surface area contributed by atoms with Gasteiger partial charge in [-0.3, -0.25) is 0 Å². The lowest BCUT2D eigenvalue weighted by Gasteiger charge is -2.29. The molecule has 4 aromatic rings. The highest BCUT2D eigenvalue weighted by molar-refractivity contribution is 5.99. The fraction of sp³-hybridized carbons (Fsp3) is 0.480. The van der Waals surface area contributed by atoms with E-state index in [1.165, 1.54) is 4.57 Å². The number of H-pyrrole nitrogens is 1. The summed E-state index contributed by atoms with van der Waals surface area (Å²) in [7, 11) is 1.57. The van der Waals surface area contributed by atoms with Gasteiger partial charge in [-0.05, 0) is 50.3 Å². The van der Waals surface area contributed by atoms with Crippen molar-refractivity contribution in [3.63, 3.8) is 0 Å². The van der Waals surface area contributed by atoms with Crippen LogP contribution in [0.1, 0.15) is 31.5 Å². The van der Waals surface area contributed by atoms with Gasteiger partial charge in [-0.25, -0.2) is 13.8 Å². The molecule has 11 heteroatoms. The van der Waals surface area contributed by atoms with Crippen LogP contribution in [0.5, 0.6) is 5.88 Å². The molecule has 192 valence electrons. The van der Waals surface area contributed by atoms with Crippen molar-refractivity contribution in [2.24, 2.45) is 0 Å². The highest BCUT2D eigenvalue weighted by atomic mass is 19.3. The van der Waals surface area contributed by atoms with Gasteiger partial charge in [0.05, 0.1) is 49.4 Å². The Hall–Kier alpha value is -3.31. The number of nitrogens with zero attached hydrogens (tertiary/aromatic N) is 4. The summed E-state index contributed by atoms with van der Waals surface area (Å²) in [6, 6.07) is 5.83. The average molecular weight is 501 g/mol. The summed E-state index contributed by atoms with van der Waals surface area (Å²) in [5, 5.41) is 13.1. The number of rotatable bonds is 9. The normalized spacial score (nSPS) is 18.4. The van der Waals surface area contributed by atoms with Crippen LogP contribution in [0.25, 0.3) is 33.2 Å². The van der Waals surface area contributed by atoms with Crippen molar-refractivity contribution in [2.45, 2.75) is 57.7 Å². The van der Waals surface area contributed by atoms with E-state index in [1.807, 2.05) is 24.4 Å². The number of halogens is 2. The number of fused-ring (bicyclic) bond motifs is 2. The predicted molar refractivity (Wildman–Crippen MR) is 133 cm³/mol. The number of aliphatic hydroxyl groups is 1. The molecule has 0 atom stereocenters. The lowest BCUT2D eigenvalue weighted by atomic mass is 9.93. The van der Waals surface area contributed by atoms with Gasteiger partial charge in [0.2, 0.25) is 11.8 Å². The van der Waals surface area contributed by atoms with E-state index in [0.29, 0.717) is 40.9 Å². The molecule has 36 heavy (non-hydrogen) atoms. The lowest BCUT2D eigenvalue weighted by molar-refractivity contribution is 0.00719. The van der Waals surface area contributed by atoms with Crippen LogP contribution in [-0.2, 0) is 11.3 Å². The van der Waals surface area contributed by atoms with Gasteiger partial charge in [0, 0.05) is 17.8 Å². The number of benzene rings is 1. The minimum Gasteiger partial charge on any atom is -0.480 e. The zero-order valence-electron chi connectivity index (χ0n) is 20.3. The first-order valence-electron chi connectivity index (χ1n) is 12.1. The molecular formula is C25H30F2N6O3. The Bertz CT molecular complexity index is 1350. The van der Waals surface area contributed by atoms with Crippen molar-refractivity contribution in [3.8, 4) is 17.0 Å². The molecule has 0 unspecified atom stereocenters. The number of anilines is 1. The Labute approximate surface area is 206 Å². The molecule has 0 aliphatic heterocycles. The van der Waals surface area contributed by atoms with Gasteiger partial charge >= 0.3 is 0 Å². The minimum absolute atomic E-state index is 0.0385. The number of nitrogens with one attached hydrogen (secondary N) is 2. The van der Waals surface area contributed by atoms with Crippen LogP contribution >= 0.6 is 0 Å². The summed E-state index contributed by atoms with van der Waals surface area (Å²) in [6.45, 7) is 1.73. The second-order valence-electron chi connectivity index (χ2n) is 9.06. The van der Waals surface area contributed by atoms with E-state index < -0.39 is 13.0 Å². The summed E-state index contributed by atoms with van der Waals surface area (Å²) in [5.41, 5.74) is 3.59. The number of aromatic nitrogens is 5. The molecule has 5 rings (SSSR count). The van der Waals surface area contributed by atoms with E-state index in [-0.39, 0.29) is 18.8 Å². The average Bonchev–Trinajstić information content (AvgIpc) is 3.43. The van der Waals surface area contributed by atoms with Crippen LogP contribution in [0.4, 0.5) is 14.7 Å². The third kappa shape index (κ3) is 4.85. The van der Waals surface area contributed by atoms with Gasteiger partial charge in [0.1, 0.15) is 11.5 Å². The summed E-state index contributed by atoms with van der Waals surface area (Å²) < 4.78 is 39.1. The van der Waals surface area contributed by atoms with Crippen LogP contribution in [0, 0.1) is 6.92 Å². The fourth-order valence-corrected chi connectivity index (χ4v) is 4.99. The highest BCUT2D eigenvalue weighted by Crippen LogP contribution is 2.36. The van der Waals surface area contributed by atoms with Crippen LogP contribution in [0.3, 0.4) is 0 Å². The van der Waals surface area contributed by atoms with Gasteiger partial charge < -0.3 is 29.4 Å². The molecule has 9 nitrogen and oxygen atoms in total. The minimum atomic E-state index is -2.47. The Morgan fingerprint density at radius 2 is 2.00 bits per heavy atom. The number of aliphatic hydroxyl groups excluding tert-OH is 1. The van der Waals surface area contributed by atoms with Crippen molar-refractivity contribution < 1.29 is 23.4 Å². The maximum absolute atomic E-state index is 13.2. The fourth-order valence-electron chi connectivity index (χ4n) is 4.99. The predicted octanol–water partition coefficient (Wildman–Crippen LogP) is 4.29. The van der Waals surface area contributed by atoms with Crippen molar-refractivity contribution >= 4 is 28.0 Å². The molecule has 3 heterocycles. The number of ether oxygens (including phenoxy) is 2. The summed E-state index contributed by atoms with van der Waals surface area (Å²) in [4.78, 5) is 16.9. The molecule has 0 bridgehead atoms. The topological polar surface area (TPSA) is 110 Å². The third-order valence-electron chi connectivity index (χ3n) is 6.71. The maximum atomic E-state index is 13.2. The number of hydrogen-bond donors (Lipinski definition) is 3. The highest BCUT2D eigenvalue weighted by Gasteiger charge is 2.23. The molecule has 1 aromatic carbocycles. The Kier molecular flexibility index (Phi) is 7.01. The molecule has 1 aliphatic carbocycles. The van der Waals surface area contributed by atoms with E-state index >= 15 is 0 Å². The number of hydrogen-bond acceptors (Lipinski definition) is 7. The van der Waals surface area contributed by atoms with Crippen molar-refractivity contribution in [2.75, 3.05) is 25.6 Å². The number of aryl methyl sites for hydroxylation is 1. The van der Waals surface area contributed by atoms with Crippen LogP contribution < -0.4 is 10.1 Å².